The summed E-state index contributed by atoms with van der Waals surface area (Å²) >= 11 is 0. The van der Waals surface area contributed by atoms with Crippen molar-refractivity contribution in [3.63, 3.8) is 0 Å². The monoisotopic (exact) mass is 358 g/mol. The van der Waals surface area contributed by atoms with Crippen LogP contribution in [0.25, 0.3) is 5.69 Å². The fourth-order valence-electron chi connectivity index (χ4n) is 3.44. The third-order valence-electron chi connectivity index (χ3n) is 4.87. The molecule has 5 nitrogen and oxygen atoms in total. The van der Waals surface area contributed by atoms with Gasteiger partial charge in [0.05, 0.1) is 17.9 Å². The number of alkyl halides is 1. The maximum atomic E-state index is 13.1. The molecule has 1 aromatic carbocycles. The summed E-state index contributed by atoms with van der Waals surface area (Å²) in [7, 11) is 0. The second kappa shape index (κ2) is 9.48. The fraction of sp³-hybridized carbons (Fsp3) is 0.500. The van der Waals surface area contributed by atoms with E-state index in [0.29, 0.717) is 12.0 Å². The van der Waals surface area contributed by atoms with Gasteiger partial charge in [0.15, 0.2) is 0 Å². The van der Waals surface area contributed by atoms with Crippen molar-refractivity contribution in [1.82, 2.24) is 19.6 Å². The van der Waals surface area contributed by atoms with Gasteiger partial charge in [-0.05, 0) is 57.0 Å². The van der Waals surface area contributed by atoms with Gasteiger partial charge in [-0.25, -0.2) is 4.68 Å². The SMILES string of the molecule is O=C(c1ccccc1-n1cccn1)N1CCCN(CCCCCF)CC1. The number of benzene rings is 1. The van der Waals surface area contributed by atoms with Gasteiger partial charge in [-0.1, -0.05) is 12.1 Å². The van der Waals surface area contributed by atoms with Crippen molar-refractivity contribution in [3.05, 3.63) is 48.3 Å². The zero-order chi connectivity index (χ0) is 18.2. The maximum absolute atomic E-state index is 13.1. The Morgan fingerprint density at radius 2 is 1.92 bits per heavy atom. The zero-order valence-electron chi connectivity index (χ0n) is 15.2. The first-order valence-corrected chi connectivity index (χ1v) is 9.46. The van der Waals surface area contributed by atoms with Crippen molar-refractivity contribution in [3.8, 4) is 5.69 Å². The summed E-state index contributed by atoms with van der Waals surface area (Å²) < 4.78 is 13.9. The van der Waals surface area contributed by atoms with E-state index >= 15 is 0 Å². The molecule has 1 fully saturated rings. The third kappa shape index (κ3) is 4.69. The molecule has 26 heavy (non-hydrogen) atoms. The van der Waals surface area contributed by atoms with Crippen LogP contribution in [-0.2, 0) is 0 Å². The van der Waals surface area contributed by atoms with Crippen molar-refractivity contribution in [2.75, 3.05) is 39.4 Å². The number of rotatable bonds is 7. The number of para-hydroxylation sites is 1. The van der Waals surface area contributed by atoms with Crippen LogP contribution in [-0.4, -0.2) is 64.9 Å². The predicted octanol–water partition coefficient (Wildman–Crippen LogP) is 3.16. The van der Waals surface area contributed by atoms with Gasteiger partial charge >= 0.3 is 0 Å². The Bertz CT molecular complexity index is 689. The summed E-state index contributed by atoms with van der Waals surface area (Å²) in [6, 6.07) is 9.48. The molecular weight excluding hydrogens is 331 g/mol. The lowest BCUT2D eigenvalue weighted by molar-refractivity contribution is 0.0761. The van der Waals surface area contributed by atoms with Crippen LogP contribution >= 0.6 is 0 Å². The Morgan fingerprint density at radius 3 is 2.73 bits per heavy atom. The molecule has 1 amide bonds. The predicted molar refractivity (Wildman–Crippen MR) is 100 cm³/mol. The minimum atomic E-state index is -0.224. The largest absolute Gasteiger partial charge is 0.337 e. The van der Waals surface area contributed by atoms with Crippen LogP contribution in [0.5, 0.6) is 0 Å². The van der Waals surface area contributed by atoms with Gasteiger partial charge in [0.25, 0.3) is 5.91 Å². The molecular formula is C20H27FN4O. The number of aromatic nitrogens is 2. The topological polar surface area (TPSA) is 41.4 Å². The quantitative estimate of drug-likeness (QED) is 0.714. The van der Waals surface area contributed by atoms with Gasteiger partial charge in [-0.2, -0.15) is 5.10 Å². The number of unbranched alkanes of at least 4 members (excludes halogenated alkanes) is 2. The minimum Gasteiger partial charge on any atom is -0.337 e. The van der Waals surface area contributed by atoms with Crippen LogP contribution in [0.1, 0.15) is 36.0 Å². The van der Waals surface area contributed by atoms with Crippen molar-refractivity contribution in [2.45, 2.75) is 25.7 Å². The van der Waals surface area contributed by atoms with E-state index in [1.807, 2.05) is 41.4 Å². The Kier molecular flexibility index (Phi) is 6.77. The van der Waals surface area contributed by atoms with E-state index in [4.69, 9.17) is 0 Å². The number of hydrogen-bond acceptors (Lipinski definition) is 3. The summed E-state index contributed by atoms with van der Waals surface area (Å²) in [6.45, 7) is 4.15. The maximum Gasteiger partial charge on any atom is 0.256 e. The first kappa shape index (κ1) is 18.6. The van der Waals surface area contributed by atoms with Crippen molar-refractivity contribution in [2.24, 2.45) is 0 Å². The first-order chi connectivity index (χ1) is 12.8. The molecule has 0 atom stereocenters. The summed E-state index contributed by atoms with van der Waals surface area (Å²) in [5.41, 5.74) is 1.50. The fourth-order valence-corrected chi connectivity index (χ4v) is 3.44. The molecule has 0 unspecified atom stereocenters. The molecule has 0 aliphatic carbocycles. The summed E-state index contributed by atoms with van der Waals surface area (Å²) in [5.74, 6) is 0.0652. The van der Waals surface area contributed by atoms with E-state index in [1.165, 1.54) is 0 Å². The van der Waals surface area contributed by atoms with E-state index in [9.17, 15) is 9.18 Å². The van der Waals surface area contributed by atoms with Gasteiger partial charge in [-0.15, -0.1) is 0 Å². The van der Waals surface area contributed by atoms with Gasteiger partial charge in [0.2, 0.25) is 0 Å². The lowest BCUT2D eigenvalue weighted by Gasteiger charge is -2.23. The number of halogens is 1. The summed E-state index contributed by atoms with van der Waals surface area (Å²) in [5, 5.41) is 4.27. The molecule has 2 heterocycles. The smallest absolute Gasteiger partial charge is 0.256 e. The highest BCUT2D eigenvalue weighted by Gasteiger charge is 2.22. The van der Waals surface area contributed by atoms with Gasteiger partial charge in [-0.3, -0.25) is 9.18 Å². The summed E-state index contributed by atoms with van der Waals surface area (Å²) in [6.07, 6.45) is 7.16. The molecule has 3 rings (SSSR count). The number of carbonyl (C=O) groups is 1. The van der Waals surface area contributed by atoms with Crippen molar-refractivity contribution in [1.29, 1.82) is 0 Å². The van der Waals surface area contributed by atoms with Gasteiger partial charge in [0.1, 0.15) is 0 Å². The third-order valence-corrected chi connectivity index (χ3v) is 4.87. The molecule has 2 aromatic rings. The lowest BCUT2D eigenvalue weighted by Crippen LogP contribution is -2.36. The van der Waals surface area contributed by atoms with E-state index in [-0.39, 0.29) is 12.6 Å². The number of nitrogens with zero attached hydrogens (tertiary/aromatic N) is 4. The van der Waals surface area contributed by atoms with Crippen LogP contribution < -0.4 is 0 Å². The van der Waals surface area contributed by atoms with Gasteiger partial charge in [0, 0.05) is 32.0 Å². The second-order valence-corrected chi connectivity index (χ2v) is 6.70. The number of amides is 1. The van der Waals surface area contributed by atoms with Crippen LogP contribution in [0.2, 0.25) is 0 Å². The molecule has 0 spiro atoms. The van der Waals surface area contributed by atoms with E-state index in [2.05, 4.69) is 10.00 Å². The summed E-state index contributed by atoms with van der Waals surface area (Å²) in [4.78, 5) is 17.4. The van der Waals surface area contributed by atoms with Crippen molar-refractivity contribution >= 4 is 5.91 Å². The molecule has 140 valence electrons. The van der Waals surface area contributed by atoms with E-state index < -0.39 is 0 Å². The lowest BCUT2D eigenvalue weighted by atomic mass is 10.1. The van der Waals surface area contributed by atoms with Crippen molar-refractivity contribution < 1.29 is 9.18 Å². The molecule has 0 N–H and O–H groups in total. The Labute approximate surface area is 154 Å². The van der Waals surface area contributed by atoms with Gasteiger partial charge < -0.3 is 9.80 Å². The number of hydrogen-bond donors (Lipinski definition) is 0. The second-order valence-electron chi connectivity index (χ2n) is 6.70. The van der Waals surface area contributed by atoms with E-state index in [1.54, 1.807) is 10.9 Å². The molecule has 1 aliphatic rings. The normalized spacial score (nSPS) is 15.8. The molecule has 1 aromatic heterocycles. The number of carbonyl (C=O) groups excluding carboxylic acids is 1. The highest BCUT2D eigenvalue weighted by atomic mass is 19.1. The average molecular weight is 358 g/mol. The Morgan fingerprint density at radius 1 is 1.04 bits per heavy atom. The molecule has 0 radical (unpaired) electrons. The zero-order valence-corrected chi connectivity index (χ0v) is 15.2. The molecule has 0 bridgehead atoms. The Hall–Kier alpha value is -2.21. The van der Waals surface area contributed by atoms with Crippen LogP contribution in [0.15, 0.2) is 42.7 Å². The van der Waals surface area contributed by atoms with Crippen LogP contribution in [0.4, 0.5) is 4.39 Å². The average Bonchev–Trinajstić information content (AvgIpc) is 3.11. The van der Waals surface area contributed by atoms with E-state index in [0.717, 1.165) is 57.7 Å². The molecule has 6 heteroatoms. The molecule has 1 aliphatic heterocycles. The highest BCUT2D eigenvalue weighted by molar-refractivity contribution is 5.97. The highest BCUT2D eigenvalue weighted by Crippen LogP contribution is 2.17. The minimum absolute atomic E-state index is 0.0652. The Balaban J connectivity index is 1.62. The molecule has 0 saturated carbocycles. The first-order valence-electron chi connectivity index (χ1n) is 9.46. The van der Waals surface area contributed by atoms with Crippen LogP contribution in [0.3, 0.4) is 0 Å². The molecule has 1 saturated heterocycles. The van der Waals surface area contributed by atoms with Crippen LogP contribution in [0, 0.1) is 0 Å². The standard InChI is InChI=1S/C20H27FN4O/c21-10-4-1-5-12-23-13-7-14-24(17-16-23)20(26)18-8-2-3-9-19(18)25-15-6-11-22-25/h2-3,6,8-9,11,15H,1,4-5,7,10,12-14,16-17H2.